The number of hydrogen-bond donors (Lipinski definition) is 0. The van der Waals surface area contributed by atoms with Gasteiger partial charge < -0.3 is 14.4 Å². The number of hydrogen-bond acceptors (Lipinski definition) is 3. The van der Waals surface area contributed by atoms with Crippen LogP contribution < -0.4 is 113 Å². The van der Waals surface area contributed by atoms with Gasteiger partial charge in [0.15, 0.2) is 0 Å². The van der Waals surface area contributed by atoms with Gasteiger partial charge in [-0.1, -0.05) is 7.60 Å². The minimum absolute atomic E-state index is 0. The molecule has 134 valence electrons. The minimum atomic E-state index is -7.60. The molecule has 0 fully saturated rings. The summed E-state index contributed by atoms with van der Waals surface area (Å²) in [6.07, 6.45) is -12.5. The van der Waals surface area contributed by atoms with E-state index in [0.717, 1.165) is 0 Å². The average molecular weight is 454 g/mol. The third-order valence-electron chi connectivity index (χ3n) is 2.30. The first kappa shape index (κ1) is 31.4. The molecule has 0 N–H and O–H groups in total. The van der Waals surface area contributed by atoms with Crippen molar-refractivity contribution in [3.63, 3.8) is 0 Å². The predicted molar refractivity (Wildman–Crippen MR) is 42.9 cm³/mol. The smallest absolute Gasteiger partial charge is 0.811 e. The van der Waals surface area contributed by atoms with Crippen LogP contribution >= 0.6 is 7.60 Å². The molecule has 0 heterocycles. The van der Waals surface area contributed by atoms with Crippen LogP contribution in [0.3, 0.4) is 0 Å². The molecule has 0 spiro atoms. The SMILES string of the molecule is O=P([O-])([O-])CCC(F)(F)C(F)(F)C(F)(F)C(F)(F)C(F)(F)F.[K+].[K+]. The van der Waals surface area contributed by atoms with E-state index in [1.807, 2.05) is 0 Å². The van der Waals surface area contributed by atoms with Crippen molar-refractivity contribution in [2.75, 3.05) is 6.16 Å². The molecule has 0 aromatic rings. The Balaban J connectivity index is -0.00000220. The first-order valence-corrected chi connectivity index (χ1v) is 6.52. The number of rotatable bonds is 6. The molecule has 0 saturated carbocycles. The summed E-state index contributed by atoms with van der Waals surface area (Å²) in [6, 6.07) is 0. The van der Waals surface area contributed by atoms with E-state index in [2.05, 4.69) is 0 Å². The minimum Gasteiger partial charge on any atom is -0.811 e. The molecule has 0 rings (SSSR count). The Morgan fingerprint density at radius 2 is 1.00 bits per heavy atom. The van der Waals surface area contributed by atoms with Gasteiger partial charge in [-0.2, -0.15) is 48.3 Å². The predicted octanol–water partition coefficient (Wildman–Crippen LogP) is -3.60. The summed E-state index contributed by atoms with van der Waals surface area (Å²) in [7, 11) is -5.93. The first-order chi connectivity index (χ1) is 9.21. The molecule has 0 saturated heterocycles. The van der Waals surface area contributed by atoms with Gasteiger partial charge in [0.05, 0.1) is 0 Å². The number of alkyl halides is 11. The van der Waals surface area contributed by atoms with Crippen molar-refractivity contribution in [2.24, 2.45) is 0 Å². The van der Waals surface area contributed by atoms with Crippen molar-refractivity contribution in [3.05, 3.63) is 0 Å². The maximum Gasteiger partial charge on any atom is 1.00 e. The van der Waals surface area contributed by atoms with Gasteiger partial charge in [-0.05, 0) is 6.16 Å². The summed E-state index contributed by atoms with van der Waals surface area (Å²) in [6.45, 7) is 0. The molecule has 0 aliphatic rings. The van der Waals surface area contributed by atoms with Gasteiger partial charge in [-0.3, -0.25) is 0 Å². The Morgan fingerprint density at radius 1 is 0.667 bits per heavy atom. The zero-order valence-corrected chi connectivity index (χ0v) is 18.9. The van der Waals surface area contributed by atoms with Crippen LogP contribution in [0.2, 0.25) is 0 Å². The molecule has 0 amide bonds. The fourth-order valence-electron chi connectivity index (χ4n) is 1.04. The van der Waals surface area contributed by atoms with E-state index in [1.165, 1.54) is 0 Å². The summed E-state index contributed by atoms with van der Waals surface area (Å²) in [4.78, 5) is 20.0. The van der Waals surface area contributed by atoms with E-state index in [-0.39, 0.29) is 103 Å². The second-order valence-corrected chi connectivity index (χ2v) is 5.68. The quantitative estimate of drug-likeness (QED) is 0.237. The monoisotopic (exact) mass is 454 g/mol. The van der Waals surface area contributed by atoms with Gasteiger partial charge in [-0.25, -0.2) is 0 Å². The molecule has 0 aliphatic carbocycles. The fraction of sp³-hybridized carbons (Fsp3) is 1.00. The van der Waals surface area contributed by atoms with E-state index >= 15 is 0 Å². The van der Waals surface area contributed by atoms with E-state index in [9.17, 15) is 62.6 Å². The Labute approximate surface area is 212 Å². The van der Waals surface area contributed by atoms with Crippen molar-refractivity contribution in [2.45, 2.75) is 36.3 Å². The average Bonchev–Trinajstić information content (AvgIpc) is 2.23. The molecule has 0 atom stereocenters. The topological polar surface area (TPSA) is 63.2 Å². The van der Waals surface area contributed by atoms with Gasteiger partial charge in [0.25, 0.3) is 0 Å². The summed E-state index contributed by atoms with van der Waals surface area (Å²) < 4.78 is 146. The maximum absolute atomic E-state index is 12.8. The van der Waals surface area contributed by atoms with E-state index < -0.39 is 50.0 Å². The third kappa shape index (κ3) is 6.62. The van der Waals surface area contributed by atoms with Crippen LogP contribution in [0.4, 0.5) is 48.3 Å². The van der Waals surface area contributed by atoms with Crippen LogP contribution in [0.25, 0.3) is 0 Å². The van der Waals surface area contributed by atoms with Gasteiger partial charge in [-0.15, -0.1) is 0 Å². The molecule has 0 aromatic heterocycles. The third-order valence-corrected chi connectivity index (χ3v) is 3.08. The summed E-state index contributed by atoms with van der Waals surface area (Å²) in [5.74, 6) is -28.7. The van der Waals surface area contributed by atoms with Gasteiger partial charge in [0.2, 0.25) is 0 Å². The molecule has 3 nitrogen and oxygen atoms in total. The van der Waals surface area contributed by atoms with Gasteiger partial charge in [0, 0.05) is 6.42 Å². The molecule has 0 bridgehead atoms. The van der Waals surface area contributed by atoms with Crippen molar-refractivity contribution in [1.82, 2.24) is 0 Å². The van der Waals surface area contributed by atoms with Crippen molar-refractivity contribution in [1.29, 1.82) is 0 Å². The molecule has 17 heteroatoms. The van der Waals surface area contributed by atoms with E-state index in [1.54, 1.807) is 0 Å². The molecule has 0 radical (unpaired) electrons. The van der Waals surface area contributed by atoms with Crippen LogP contribution in [-0.4, -0.2) is 36.0 Å². The van der Waals surface area contributed by atoms with Crippen molar-refractivity contribution < 1.29 is 165 Å². The molecular formula is C7H4F11K2O3P. The van der Waals surface area contributed by atoms with Crippen LogP contribution in [0.15, 0.2) is 0 Å². The Kier molecular flexibility index (Phi) is 12.3. The normalized spacial score (nSPS) is 14.7. The van der Waals surface area contributed by atoms with Crippen LogP contribution in [0.5, 0.6) is 0 Å². The Morgan fingerprint density at radius 3 is 1.25 bits per heavy atom. The zero-order valence-electron chi connectivity index (χ0n) is 11.7. The van der Waals surface area contributed by atoms with E-state index in [0.29, 0.717) is 0 Å². The number of halogens is 11. The molecular weight excluding hydrogens is 450 g/mol. The van der Waals surface area contributed by atoms with Gasteiger partial charge in [0.1, 0.15) is 0 Å². The summed E-state index contributed by atoms with van der Waals surface area (Å²) >= 11 is 0. The Bertz CT molecular complexity index is 461. The molecule has 0 unspecified atom stereocenters. The van der Waals surface area contributed by atoms with Crippen molar-refractivity contribution >= 4 is 7.60 Å². The summed E-state index contributed by atoms with van der Waals surface area (Å²) in [5.41, 5.74) is 0. The maximum atomic E-state index is 12.8. The van der Waals surface area contributed by atoms with E-state index in [4.69, 9.17) is 0 Å². The zero-order chi connectivity index (χ0) is 18.4. The molecule has 24 heavy (non-hydrogen) atoms. The molecule has 0 aliphatic heterocycles. The van der Waals surface area contributed by atoms with Crippen molar-refractivity contribution in [3.8, 4) is 0 Å². The molecule has 0 aromatic carbocycles. The van der Waals surface area contributed by atoms with Crippen LogP contribution in [-0.2, 0) is 4.57 Å². The summed E-state index contributed by atoms with van der Waals surface area (Å²) in [5, 5.41) is 0. The second kappa shape index (κ2) is 9.43. The van der Waals surface area contributed by atoms with Crippen LogP contribution in [0.1, 0.15) is 6.42 Å². The fourth-order valence-corrected chi connectivity index (χ4v) is 1.59. The van der Waals surface area contributed by atoms with Crippen LogP contribution in [0, 0.1) is 0 Å². The van der Waals surface area contributed by atoms with Gasteiger partial charge >= 0.3 is 133 Å². The second-order valence-electron chi connectivity index (χ2n) is 4.01. The standard InChI is InChI=1S/C7H6F11O3P.2K/c8-3(9,1-2-22(19,20)21)4(10,11)5(12,13)6(14,15)7(16,17)18;;/h1-2H2,(H2,19,20,21);;/q;2*+1/p-2. The Hall–Kier alpha value is 2.65. The largest absolute Gasteiger partial charge is 1.00 e. The first-order valence-electron chi connectivity index (χ1n) is 4.80.